The highest BCUT2D eigenvalue weighted by atomic mass is 19.1. The summed E-state index contributed by atoms with van der Waals surface area (Å²) in [4.78, 5) is 62.1. The molecule has 49 heavy (non-hydrogen) atoms. The third-order valence-corrected chi connectivity index (χ3v) is 13.1. The Morgan fingerprint density at radius 1 is 0.857 bits per heavy atom. The molecule has 5 fully saturated rings. The minimum Gasteiger partial charge on any atom is -0.369 e. The van der Waals surface area contributed by atoms with Crippen LogP contribution >= 0.6 is 0 Å². The molecule has 4 aliphatic heterocycles. The fourth-order valence-corrected chi connectivity index (χ4v) is 10.5. The number of benzene rings is 1. The van der Waals surface area contributed by atoms with Crippen molar-refractivity contribution in [2.24, 2.45) is 17.8 Å². The first-order chi connectivity index (χ1) is 23.7. The Labute approximate surface area is 288 Å². The van der Waals surface area contributed by atoms with Gasteiger partial charge in [-0.15, -0.1) is 0 Å². The molecule has 1 amide bonds. The summed E-state index contributed by atoms with van der Waals surface area (Å²) in [6.07, 6.45) is 6.22. The van der Waals surface area contributed by atoms with Crippen molar-refractivity contribution in [3.05, 3.63) is 47.2 Å². The average Bonchev–Trinajstić information content (AvgIpc) is 3.71. The number of Topliss-reactive ketones (excluding diaryl/α,β-unsaturated/α-hetero) is 3. The molecule has 3 saturated heterocycles. The largest absolute Gasteiger partial charge is 0.369 e. The predicted octanol–water partition coefficient (Wildman–Crippen LogP) is 2.77. The van der Waals surface area contributed by atoms with Gasteiger partial charge in [0, 0.05) is 53.7 Å². The number of ether oxygens (including phenoxy) is 1. The van der Waals surface area contributed by atoms with Gasteiger partial charge in [-0.25, -0.2) is 4.39 Å². The second-order valence-electron chi connectivity index (χ2n) is 15.7. The van der Waals surface area contributed by atoms with Gasteiger partial charge in [-0.2, -0.15) is 0 Å². The quantitative estimate of drug-likeness (QED) is 0.402. The van der Waals surface area contributed by atoms with Gasteiger partial charge in [0.15, 0.2) is 17.3 Å². The number of alkyl halides is 1. The van der Waals surface area contributed by atoms with E-state index in [1.54, 1.807) is 30.5 Å². The van der Waals surface area contributed by atoms with E-state index in [0.29, 0.717) is 49.1 Å². The molecule has 0 aromatic heterocycles. The Bertz CT molecular complexity index is 1540. The first kappa shape index (κ1) is 33.2. The van der Waals surface area contributed by atoms with Crippen LogP contribution in [-0.2, 0) is 14.3 Å². The molecule has 11 atom stereocenters. The van der Waals surface area contributed by atoms with Gasteiger partial charge >= 0.3 is 0 Å². The lowest BCUT2D eigenvalue weighted by Crippen LogP contribution is -2.73. The molecule has 7 aliphatic rings. The Balaban J connectivity index is 1.08. The zero-order valence-electron chi connectivity index (χ0n) is 28.7. The van der Waals surface area contributed by atoms with Gasteiger partial charge in [0.05, 0.1) is 35.9 Å². The van der Waals surface area contributed by atoms with Gasteiger partial charge in [0.25, 0.3) is 5.91 Å². The number of nitrogens with zero attached hydrogens (tertiary/aromatic N) is 3. The topological polar surface area (TPSA) is 111 Å². The average molecular weight is 676 g/mol. The van der Waals surface area contributed by atoms with E-state index in [1.807, 2.05) is 0 Å². The van der Waals surface area contributed by atoms with Gasteiger partial charge < -0.3 is 30.1 Å². The van der Waals surface area contributed by atoms with Crippen LogP contribution in [0.25, 0.3) is 0 Å². The smallest absolute Gasteiger partial charge is 0.256 e. The summed E-state index contributed by atoms with van der Waals surface area (Å²) in [7, 11) is 4.23. The second kappa shape index (κ2) is 13.3. The maximum Gasteiger partial charge on any atom is 0.256 e. The van der Waals surface area contributed by atoms with Gasteiger partial charge in [-0.05, 0) is 91.5 Å². The number of hydrogen-bond acceptors (Lipinski definition) is 9. The summed E-state index contributed by atoms with van der Waals surface area (Å²) < 4.78 is 23.2. The summed E-state index contributed by atoms with van der Waals surface area (Å²) in [6.45, 7) is 3.21. The van der Waals surface area contributed by atoms with Crippen LogP contribution in [0.5, 0.6) is 0 Å². The third-order valence-electron chi connectivity index (χ3n) is 13.1. The third kappa shape index (κ3) is 5.78. The van der Waals surface area contributed by atoms with Crippen LogP contribution in [0.2, 0.25) is 0 Å². The van der Waals surface area contributed by atoms with Crippen LogP contribution in [0.3, 0.4) is 0 Å². The minimum atomic E-state index is -1.34. The number of carbonyl (C=O) groups excluding carboxylic acids is 4. The van der Waals surface area contributed by atoms with Crippen LogP contribution in [0.1, 0.15) is 78.5 Å². The van der Waals surface area contributed by atoms with Crippen molar-refractivity contribution in [1.29, 1.82) is 0 Å². The zero-order valence-corrected chi connectivity index (χ0v) is 28.7. The van der Waals surface area contributed by atoms with Crippen molar-refractivity contribution in [2.75, 3.05) is 40.3 Å². The van der Waals surface area contributed by atoms with Crippen LogP contribution in [0, 0.1) is 17.8 Å². The Morgan fingerprint density at radius 2 is 1.49 bits per heavy atom. The molecule has 3 aliphatic carbocycles. The minimum absolute atomic E-state index is 0.00653. The van der Waals surface area contributed by atoms with Crippen LogP contribution in [0.15, 0.2) is 36.0 Å². The van der Waals surface area contributed by atoms with E-state index in [2.05, 4.69) is 39.4 Å². The second-order valence-corrected chi connectivity index (χ2v) is 15.7. The molecule has 8 rings (SSSR count). The van der Waals surface area contributed by atoms with E-state index in [0.717, 1.165) is 45.2 Å². The number of hydrogen-bond donors (Lipinski definition) is 2. The van der Waals surface area contributed by atoms with Gasteiger partial charge in [-0.1, -0.05) is 24.3 Å². The summed E-state index contributed by atoms with van der Waals surface area (Å²) in [5, 5.41) is 6.50. The molecule has 2 N–H and O–H groups in total. The van der Waals surface area contributed by atoms with Crippen LogP contribution in [-0.4, -0.2) is 127 Å². The summed E-state index contributed by atoms with van der Waals surface area (Å²) >= 11 is 0. The molecule has 11 heteroatoms. The number of amides is 1. The monoisotopic (exact) mass is 675 g/mol. The van der Waals surface area contributed by atoms with E-state index in [4.69, 9.17) is 4.74 Å². The van der Waals surface area contributed by atoms with Crippen molar-refractivity contribution in [3.8, 4) is 0 Å². The van der Waals surface area contributed by atoms with Crippen LogP contribution < -0.4 is 10.6 Å². The molecule has 4 heterocycles. The molecule has 0 spiro atoms. The fraction of sp³-hybridized carbons (Fsp3) is 0.684. The van der Waals surface area contributed by atoms with E-state index in [9.17, 15) is 19.2 Å². The first-order valence-electron chi connectivity index (χ1n) is 18.6. The number of rotatable bonds is 8. The van der Waals surface area contributed by atoms with Crippen molar-refractivity contribution >= 4 is 23.3 Å². The molecule has 2 saturated carbocycles. The van der Waals surface area contributed by atoms with E-state index in [1.165, 1.54) is 6.42 Å². The number of halogens is 1. The van der Waals surface area contributed by atoms with Crippen molar-refractivity contribution < 1.29 is 28.3 Å². The van der Waals surface area contributed by atoms with Gasteiger partial charge in [0.1, 0.15) is 6.17 Å². The lowest BCUT2D eigenvalue weighted by Gasteiger charge is -2.60. The zero-order chi connectivity index (χ0) is 34.0. The lowest BCUT2D eigenvalue weighted by molar-refractivity contribution is -0.203. The molecule has 1 aromatic rings. The Morgan fingerprint density at radius 3 is 2.12 bits per heavy atom. The molecule has 1 aromatic carbocycles. The van der Waals surface area contributed by atoms with Crippen molar-refractivity contribution in [3.63, 3.8) is 0 Å². The molecule has 11 unspecified atom stereocenters. The first-order valence-corrected chi connectivity index (χ1v) is 18.6. The molecular weight excluding hydrogens is 625 g/mol. The van der Waals surface area contributed by atoms with Gasteiger partial charge in [0.2, 0.25) is 0 Å². The summed E-state index contributed by atoms with van der Waals surface area (Å²) in [6, 6.07) is 6.48. The van der Waals surface area contributed by atoms with Crippen molar-refractivity contribution in [1.82, 2.24) is 25.3 Å². The normalized spacial score (nSPS) is 38.8. The number of likely N-dealkylation sites (tertiary alicyclic amines) is 2. The highest BCUT2D eigenvalue weighted by Gasteiger charge is 2.61. The summed E-state index contributed by atoms with van der Waals surface area (Å²) in [5.74, 6) is -2.60. The Kier molecular flexibility index (Phi) is 8.99. The highest BCUT2D eigenvalue weighted by molar-refractivity contribution is 6.20. The maximum absolute atomic E-state index is 16.3. The van der Waals surface area contributed by atoms with E-state index in [-0.39, 0.29) is 35.4 Å². The standard InChI is InChI=1S/C38H50FN5O5/c1-42-15-5-7-21(42)11-13-40-32-29(39)17-27-33-37(32)49-31-19-26-25(34(45)23-9-3-4-10-24(23)35(26)46)18-30(31)44(33)20-28(36(27)47)38(48)41-14-12-22-8-6-16-43(22)2/h3-4,9-10,20-22,25-27,29-33,37,40H,5-8,11-19H2,1-2H3,(H,41,48). The Hall–Kier alpha value is -2.99. The maximum atomic E-state index is 16.3. The SMILES string of the molecule is CN1CCCC1CCNC(=O)C1=CN2C3CC4C(=O)c5ccccc5C(=O)C4CC3OC3C(NCCC4CCCN4C)C(F)CC(C1=O)C32. The van der Waals surface area contributed by atoms with Crippen molar-refractivity contribution in [2.45, 2.75) is 106 Å². The summed E-state index contributed by atoms with van der Waals surface area (Å²) in [5.41, 5.74) is 0.985. The molecule has 10 nitrogen and oxygen atoms in total. The number of morpholine rings is 1. The highest BCUT2D eigenvalue weighted by Crippen LogP contribution is 2.49. The van der Waals surface area contributed by atoms with Crippen LogP contribution in [0.4, 0.5) is 4.39 Å². The molecule has 0 radical (unpaired) electrons. The fourth-order valence-electron chi connectivity index (χ4n) is 10.5. The van der Waals surface area contributed by atoms with Gasteiger partial charge in [-0.3, -0.25) is 19.2 Å². The van der Waals surface area contributed by atoms with E-state index < -0.39 is 54.1 Å². The molecule has 0 bridgehead atoms. The number of carbonyl (C=O) groups is 4. The number of fused-ring (bicyclic) bond motifs is 4. The van der Waals surface area contributed by atoms with E-state index >= 15 is 4.39 Å². The molecule has 264 valence electrons. The lowest BCUT2D eigenvalue weighted by atomic mass is 9.63. The predicted molar refractivity (Wildman–Crippen MR) is 181 cm³/mol. The number of nitrogens with one attached hydrogen (secondary N) is 2. The number of ketones is 3. The molecular formula is C38H50FN5O5.